The van der Waals surface area contributed by atoms with Crippen LogP contribution >= 0.6 is 0 Å². The minimum Gasteiger partial charge on any atom is -0.269 e. The molecular formula is C11H9FN2O. The molecule has 4 heteroatoms. The van der Waals surface area contributed by atoms with Gasteiger partial charge in [0.1, 0.15) is 11.6 Å². The molecule has 0 saturated heterocycles. The van der Waals surface area contributed by atoms with Gasteiger partial charge >= 0.3 is 0 Å². The molecule has 0 aliphatic rings. The fraction of sp³-hybridized carbons (Fsp3) is 0.0909. The number of rotatable bonds is 1. The first-order valence-corrected chi connectivity index (χ1v) is 4.50. The maximum atomic E-state index is 13.4. The molecule has 1 aromatic carbocycles. The zero-order chi connectivity index (χ0) is 10.8. The van der Waals surface area contributed by atoms with E-state index < -0.39 is 5.82 Å². The monoisotopic (exact) mass is 204 g/mol. The van der Waals surface area contributed by atoms with E-state index >= 15 is 0 Å². The maximum absolute atomic E-state index is 13.4. The van der Waals surface area contributed by atoms with Crippen LogP contribution < -0.4 is 5.56 Å². The van der Waals surface area contributed by atoms with Gasteiger partial charge in [-0.2, -0.15) is 0 Å². The van der Waals surface area contributed by atoms with E-state index in [9.17, 15) is 9.18 Å². The molecule has 0 atom stereocenters. The minimum atomic E-state index is -0.435. The van der Waals surface area contributed by atoms with Crippen molar-refractivity contribution < 1.29 is 4.39 Å². The van der Waals surface area contributed by atoms with Crippen LogP contribution in [0, 0.1) is 12.7 Å². The van der Waals surface area contributed by atoms with Gasteiger partial charge < -0.3 is 0 Å². The predicted molar refractivity (Wildman–Crippen MR) is 54.5 cm³/mol. The average molecular weight is 204 g/mol. The molecule has 3 nitrogen and oxygen atoms in total. The molecule has 2 aromatic rings. The molecule has 76 valence electrons. The number of hydrogen-bond donors (Lipinski definition) is 0. The van der Waals surface area contributed by atoms with Crippen molar-refractivity contribution in [2.45, 2.75) is 6.92 Å². The first kappa shape index (κ1) is 9.58. The molecule has 0 bridgehead atoms. The van der Waals surface area contributed by atoms with E-state index in [1.807, 2.05) is 0 Å². The highest BCUT2D eigenvalue weighted by Crippen LogP contribution is 2.11. The summed E-state index contributed by atoms with van der Waals surface area (Å²) >= 11 is 0. The summed E-state index contributed by atoms with van der Waals surface area (Å²) in [6, 6.07) is 7.42. The SMILES string of the molecule is Cc1nccc(=O)n1-c1ccccc1F. The van der Waals surface area contributed by atoms with Crippen LogP contribution in [0.1, 0.15) is 5.82 Å². The molecule has 0 radical (unpaired) electrons. The van der Waals surface area contributed by atoms with Gasteiger partial charge in [0.2, 0.25) is 0 Å². The standard InChI is InChI=1S/C11H9FN2O/c1-8-13-7-6-11(15)14(8)10-5-3-2-4-9(10)12/h2-7H,1H3. The summed E-state index contributed by atoms with van der Waals surface area (Å²) in [6.07, 6.45) is 1.41. The highest BCUT2D eigenvalue weighted by molar-refractivity contribution is 5.34. The second-order valence-corrected chi connectivity index (χ2v) is 3.12. The molecule has 2 rings (SSSR count). The Kier molecular flexibility index (Phi) is 2.33. The molecule has 0 aliphatic heterocycles. The van der Waals surface area contributed by atoms with Gasteiger partial charge in [-0.15, -0.1) is 0 Å². The first-order valence-electron chi connectivity index (χ1n) is 4.50. The third kappa shape index (κ3) is 1.66. The number of aryl methyl sites for hydroxylation is 1. The zero-order valence-corrected chi connectivity index (χ0v) is 8.14. The van der Waals surface area contributed by atoms with Crippen LogP contribution in [0.25, 0.3) is 5.69 Å². The number of hydrogen-bond acceptors (Lipinski definition) is 2. The molecular weight excluding hydrogens is 195 g/mol. The molecule has 1 heterocycles. The maximum Gasteiger partial charge on any atom is 0.258 e. The van der Waals surface area contributed by atoms with Crippen molar-refractivity contribution >= 4 is 0 Å². The number of para-hydroxylation sites is 1. The summed E-state index contributed by atoms with van der Waals surface area (Å²) in [5.74, 6) is 0.0308. The lowest BCUT2D eigenvalue weighted by Gasteiger charge is -2.08. The van der Waals surface area contributed by atoms with Crippen LogP contribution in [0.15, 0.2) is 41.3 Å². The van der Waals surface area contributed by atoms with Crippen LogP contribution in [-0.2, 0) is 0 Å². The number of aromatic nitrogens is 2. The molecule has 0 N–H and O–H groups in total. The van der Waals surface area contributed by atoms with Crippen LogP contribution in [0.3, 0.4) is 0 Å². The fourth-order valence-electron chi connectivity index (χ4n) is 1.43. The van der Waals surface area contributed by atoms with E-state index in [-0.39, 0.29) is 11.2 Å². The Balaban J connectivity index is 2.75. The lowest BCUT2D eigenvalue weighted by molar-refractivity contribution is 0.612. The van der Waals surface area contributed by atoms with Crippen molar-refractivity contribution in [3.63, 3.8) is 0 Å². The Hall–Kier alpha value is -1.97. The van der Waals surface area contributed by atoms with Gasteiger partial charge in [0.25, 0.3) is 5.56 Å². The Morgan fingerprint density at radius 1 is 1.27 bits per heavy atom. The summed E-state index contributed by atoms with van der Waals surface area (Å²) in [5.41, 5.74) is -0.0549. The predicted octanol–water partition coefficient (Wildman–Crippen LogP) is 1.68. The Labute approximate surface area is 85.8 Å². The topological polar surface area (TPSA) is 34.9 Å². The lowest BCUT2D eigenvalue weighted by Crippen LogP contribution is -2.21. The molecule has 0 spiro atoms. The van der Waals surface area contributed by atoms with Crippen molar-refractivity contribution in [2.24, 2.45) is 0 Å². The molecule has 15 heavy (non-hydrogen) atoms. The Morgan fingerprint density at radius 2 is 2.00 bits per heavy atom. The van der Waals surface area contributed by atoms with Crippen LogP contribution in [0.2, 0.25) is 0 Å². The highest BCUT2D eigenvalue weighted by Gasteiger charge is 2.07. The third-order valence-electron chi connectivity index (χ3n) is 2.12. The van der Waals surface area contributed by atoms with E-state index in [1.54, 1.807) is 25.1 Å². The first-order chi connectivity index (χ1) is 7.20. The number of nitrogens with zero attached hydrogens (tertiary/aromatic N) is 2. The molecule has 1 aromatic heterocycles. The van der Waals surface area contributed by atoms with Gasteiger partial charge in [-0.25, -0.2) is 9.37 Å². The van der Waals surface area contributed by atoms with Crippen LogP contribution in [-0.4, -0.2) is 9.55 Å². The largest absolute Gasteiger partial charge is 0.269 e. The third-order valence-corrected chi connectivity index (χ3v) is 2.12. The van der Waals surface area contributed by atoms with Crippen LogP contribution in [0.5, 0.6) is 0 Å². The van der Waals surface area contributed by atoms with E-state index in [2.05, 4.69) is 4.98 Å². The van der Waals surface area contributed by atoms with Crippen molar-refractivity contribution in [3.8, 4) is 5.69 Å². The Bertz CT molecular complexity index is 548. The van der Waals surface area contributed by atoms with Gasteiger partial charge in [-0.05, 0) is 19.1 Å². The zero-order valence-electron chi connectivity index (χ0n) is 8.14. The van der Waals surface area contributed by atoms with Gasteiger partial charge in [0, 0.05) is 12.3 Å². The summed E-state index contributed by atoms with van der Waals surface area (Å²) in [6.45, 7) is 1.66. The van der Waals surface area contributed by atoms with Crippen LogP contribution in [0.4, 0.5) is 4.39 Å². The summed E-state index contributed by atoms with van der Waals surface area (Å²) in [4.78, 5) is 15.5. The summed E-state index contributed by atoms with van der Waals surface area (Å²) in [7, 11) is 0. The average Bonchev–Trinajstić information content (AvgIpc) is 2.20. The fourth-order valence-corrected chi connectivity index (χ4v) is 1.43. The van der Waals surface area contributed by atoms with Crippen molar-refractivity contribution in [1.29, 1.82) is 0 Å². The summed E-state index contributed by atoms with van der Waals surface area (Å²) < 4.78 is 14.7. The van der Waals surface area contributed by atoms with Gasteiger partial charge in [0.05, 0.1) is 5.69 Å². The lowest BCUT2D eigenvalue weighted by atomic mass is 10.3. The number of benzene rings is 1. The van der Waals surface area contributed by atoms with E-state index in [0.29, 0.717) is 5.82 Å². The Morgan fingerprint density at radius 3 is 2.67 bits per heavy atom. The smallest absolute Gasteiger partial charge is 0.258 e. The molecule has 0 fully saturated rings. The second kappa shape index (κ2) is 3.65. The van der Waals surface area contributed by atoms with Gasteiger partial charge in [0.15, 0.2) is 0 Å². The molecule has 0 saturated carbocycles. The summed E-state index contributed by atoms with van der Waals surface area (Å²) in [5, 5.41) is 0. The van der Waals surface area contributed by atoms with E-state index in [0.717, 1.165) is 0 Å². The van der Waals surface area contributed by atoms with Crippen molar-refractivity contribution in [2.75, 3.05) is 0 Å². The molecule has 0 amide bonds. The highest BCUT2D eigenvalue weighted by atomic mass is 19.1. The van der Waals surface area contributed by atoms with Gasteiger partial charge in [-0.3, -0.25) is 9.36 Å². The van der Waals surface area contributed by atoms with Crippen molar-refractivity contribution in [1.82, 2.24) is 9.55 Å². The second-order valence-electron chi connectivity index (χ2n) is 3.12. The number of halogens is 1. The normalized spacial score (nSPS) is 10.3. The quantitative estimate of drug-likeness (QED) is 0.708. The molecule has 0 unspecified atom stereocenters. The minimum absolute atomic E-state index is 0.230. The van der Waals surface area contributed by atoms with Crippen molar-refractivity contribution in [3.05, 3.63) is 58.5 Å². The van der Waals surface area contributed by atoms with E-state index in [4.69, 9.17) is 0 Å². The van der Waals surface area contributed by atoms with Gasteiger partial charge in [-0.1, -0.05) is 12.1 Å². The van der Waals surface area contributed by atoms with E-state index in [1.165, 1.54) is 22.9 Å². The molecule has 0 aliphatic carbocycles.